The monoisotopic (exact) mass is 344 g/mol. The number of alkyl halides is 1. The van der Waals surface area contributed by atoms with Crippen LogP contribution in [-0.2, 0) is 6.42 Å². The molecule has 0 saturated heterocycles. The largest absolute Gasteiger partial charge is 0.261 e. The Bertz CT molecular complexity index is 251. The maximum Gasteiger partial charge on any atom is 0.261 e. The van der Waals surface area contributed by atoms with E-state index in [2.05, 4.69) is 34.7 Å². The van der Waals surface area contributed by atoms with E-state index in [1.165, 1.54) is 5.56 Å². The Labute approximate surface area is 103 Å². The molecule has 0 aliphatic carbocycles. The van der Waals surface area contributed by atoms with Crippen molar-refractivity contribution in [3.05, 3.63) is 35.9 Å². The molecular weight excluding hydrogens is 334 g/mol. The number of hydrogen-bond acceptors (Lipinski definition) is 0. The smallest absolute Gasteiger partial charge is 0.145 e. The van der Waals surface area contributed by atoms with Crippen LogP contribution >= 0.6 is 44.7 Å². The van der Waals surface area contributed by atoms with Crippen molar-refractivity contribution >= 4 is 51.4 Å². The number of halogens is 3. The topological polar surface area (TPSA) is 0 Å². The minimum absolute atomic E-state index is 0.903. The molecule has 1 aromatic carbocycles. The Morgan fingerprint density at radius 3 is 2.31 bits per heavy atom. The lowest BCUT2D eigenvalue weighted by Crippen LogP contribution is -2.22. The molecule has 0 amide bonds. The van der Waals surface area contributed by atoms with Gasteiger partial charge in [0.15, 0.2) is 0 Å². The number of aryl methyl sites for hydroxylation is 1. The van der Waals surface area contributed by atoms with Crippen molar-refractivity contribution in [2.45, 2.75) is 12.5 Å². The summed E-state index contributed by atoms with van der Waals surface area (Å²) in [5.41, 5.74) is 1.32. The fourth-order valence-electron chi connectivity index (χ4n) is 1.04. The van der Waals surface area contributed by atoms with Crippen molar-refractivity contribution < 1.29 is 0 Å². The highest BCUT2D eigenvalue weighted by atomic mass is 127. The van der Waals surface area contributed by atoms with Gasteiger partial charge in [-0.15, -0.1) is 22.2 Å². The molecule has 0 bridgehead atoms. The summed E-state index contributed by atoms with van der Waals surface area (Å²) in [4.78, 5) is 0. The van der Waals surface area contributed by atoms with Crippen molar-refractivity contribution in [2.24, 2.45) is 0 Å². The molecule has 0 atom stereocenters. The van der Waals surface area contributed by atoms with Crippen LogP contribution in [0.15, 0.2) is 30.3 Å². The summed E-state index contributed by atoms with van der Waals surface area (Å²) in [7, 11) is 0. The zero-order chi connectivity index (χ0) is 9.73. The van der Waals surface area contributed by atoms with Crippen LogP contribution < -0.4 is 0 Å². The van der Waals surface area contributed by atoms with Crippen LogP contribution in [0.1, 0.15) is 5.56 Å². The first-order valence-electron chi connectivity index (χ1n) is 4.12. The molecule has 0 radical (unpaired) electrons. The SMILES string of the molecule is Cl[Si](Cl)(CI)CCc1ccccc1. The Kier molecular flexibility index (Phi) is 5.08. The van der Waals surface area contributed by atoms with Gasteiger partial charge in [0.05, 0.1) is 0 Å². The first kappa shape index (κ1) is 11.8. The van der Waals surface area contributed by atoms with Gasteiger partial charge < -0.3 is 0 Å². The van der Waals surface area contributed by atoms with Gasteiger partial charge in [0.25, 0.3) is 6.69 Å². The lowest BCUT2D eigenvalue weighted by atomic mass is 10.2. The summed E-state index contributed by atoms with van der Waals surface area (Å²) in [6.07, 6.45) is 1.00. The molecule has 0 aliphatic heterocycles. The molecule has 72 valence electrons. The molecule has 1 aromatic rings. The Morgan fingerprint density at radius 1 is 1.15 bits per heavy atom. The molecule has 0 unspecified atom stereocenters. The van der Waals surface area contributed by atoms with Crippen LogP contribution in [0.3, 0.4) is 0 Å². The standard InChI is InChI=1S/C9H11Cl2ISi/c10-13(11,8-12)7-6-9-4-2-1-3-5-9/h1-5H,6-8H2. The van der Waals surface area contributed by atoms with Crippen LogP contribution in [0.4, 0.5) is 0 Å². The Morgan fingerprint density at radius 2 is 1.77 bits per heavy atom. The first-order chi connectivity index (χ1) is 6.14. The second-order valence-electron chi connectivity index (χ2n) is 2.98. The van der Waals surface area contributed by atoms with Crippen molar-refractivity contribution in [3.8, 4) is 0 Å². The minimum atomic E-state index is -1.93. The zero-order valence-electron chi connectivity index (χ0n) is 7.14. The van der Waals surface area contributed by atoms with Gasteiger partial charge in [-0.2, -0.15) is 0 Å². The van der Waals surface area contributed by atoms with E-state index in [1.807, 2.05) is 18.2 Å². The normalized spacial score (nSPS) is 11.6. The Balaban J connectivity index is 2.44. The molecular formula is C9H11Cl2ISi. The van der Waals surface area contributed by atoms with Crippen LogP contribution in [-0.4, -0.2) is 10.7 Å². The van der Waals surface area contributed by atoms with E-state index in [4.69, 9.17) is 22.2 Å². The van der Waals surface area contributed by atoms with Gasteiger partial charge >= 0.3 is 0 Å². The summed E-state index contributed by atoms with van der Waals surface area (Å²) in [6, 6.07) is 11.3. The highest BCUT2D eigenvalue weighted by Crippen LogP contribution is 2.24. The van der Waals surface area contributed by atoms with Crippen molar-refractivity contribution in [1.82, 2.24) is 0 Å². The van der Waals surface area contributed by atoms with Crippen LogP contribution in [0.2, 0.25) is 6.04 Å². The maximum atomic E-state index is 6.17. The second kappa shape index (κ2) is 5.58. The number of hydrogen-bond donors (Lipinski definition) is 0. The molecule has 0 fully saturated rings. The number of benzene rings is 1. The average molecular weight is 345 g/mol. The molecule has 0 spiro atoms. The minimum Gasteiger partial charge on any atom is -0.145 e. The molecule has 0 saturated carbocycles. The highest BCUT2D eigenvalue weighted by molar-refractivity contribution is 14.1. The summed E-state index contributed by atoms with van der Waals surface area (Å²) >= 11 is 14.6. The van der Waals surface area contributed by atoms with E-state index in [0.717, 1.165) is 16.5 Å². The van der Waals surface area contributed by atoms with Crippen LogP contribution in [0.25, 0.3) is 0 Å². The molecule has 0 nitrogen and oxygen atoms in total. The maximum absolute atomic E-state index is 6.17. The van der Waals surface area contributed by atoms with Crippen LogP contribution in [0, 0.1) is 0 Å². The summed E-state index contributed by atoms with van der Waals surface area (Å²) in [5.74, 6) is 0. The second-order valence-corrected chi connectivity index (χ2v) is 12.7. The number of rotatable bonds is 4. The van der Waals surface area contributed by atoms with E-state index < -0.39 is 6.69 Å². The van der Waals surface area contributed by atoms with E-state index in [9.17, 15) is 0 Å². The zero-order valence-corrected chi connectivity index (χ0v) is 11.8. The lowest BCUT2D eigenvalue weighted by molar-refractivity contribution is 1.12. The summed E-state index contributed by atoms with van der Waals surface area (Å²) in [5, 5.41) is 0. The molecule has 0 N–H and O–H groups in total. The van der Waals surface area contributed by atoms with E-state index in [1.54, 1.807) is 0 Å². The van der Waals surface area contributed by atoms with Gasteiger partial charge in [-0.1, -0.05) is 52.9 Å². The third-order valence-electron chi connectivity index (χ3n) is 1.82. The van der Waals surface area contributed by atoms with Crippen molar-refractivity contribution in [3.63, 3.8) is 0 Å². The van der Waals surface area contributed by atoms with E-state index in [-0.39, 0.29) is 0 Å². The molecule has 4 heteroatoms. The van der Waals surface area contributed by atoms with Crippen LogP contribution in [0.5, 0.6) is 0 Å². The van der Waals surface area contributed by atoms with Gasteiger partial charge in [0, 0.05) is 4.05 Å². The van der Waals surface area contributed by atoms with Gasteiger partial charge in [-0.3, -0.25) is 0 Å². The predicted molar refractivity (Wildman–Crippen MR) is 71.3 cm³/mol. The Hall–Kier alpha value is 0.747. The summed E-state index contributed by atoms with van der Waals surface area (Å²) in [6.45, 7) is -1.93. The third-order valence-corrected chi connectivity index (χ3v) is 11.7. The molecule has 13 heavy (non-hydrogen) atoms. The van der Waals surface area contributed by atoms with Gasteiger partial charge in [0.1, 0.15) is 0 Å². The third kappa shape index (κ3) is 4.67. The lowest BCUT2D eigenvalue weighted by Gasteiger charge is -2.12. The molecule has 1 rings (SSSR count). The van der Waals surface area contributed by atoms with Crippen molar-refractivity contribution in [1.29, 1.82) is 0 Å². The van der Waals surface area contributed by atoms with E-state index in [0.29, 0.717) is 0 Å². The van der Waals surface area contributed by atoms with Gasteiger partial charge in [0.2, 0.25) is 0 Å². The molecule has 0 aromatic heterocycles. The van der Waals surface area contributed by atoms with Gasteiger partial charge in [-0.05, 0) is 18.0 Å². The predicted octanol–water partition coefficient (Wildman–Crippen LogP) is 4.12. The fourth-order valence-corrected chi connectivity index (χ4v) is 3.54. The molecule has 0 aliphatic rings. The quantitative estimate of drug-likeness (QED) is 0.333. The molecule has 0 heterocycles. The fraction of sp³-hybridized carbons (Fsp3) is 0.333. The summed E-state index contributed by atoms with van der Waals surface area (Å²) < 4.78 is 0.903. The van der Waals surface area contributed by atoms with Gasteiger partial charge in [-0.25, -0.2) is 0 Å². The van der Waals surface area contributed by atoms with E-state index >= 15 is 0 Å². The highest BCUT2D eigenvalue weighted by Gasteiger charge is 2.25. The van der Waals surface area contributed by atoms with Crippen molar-refractivity contribution in [2.75, 3.05) is 4.05 Å². The average Bonchev–Trinajstić information content (AvgIpc) is 2.17. The first-order valence-corrected chi connectivity index (χ1v) is 10.1.